The molecule has 0 heterocycles. The molecule has 0 unspecified atom stereocenters. The molecule has 25 heavy (non-hydrogen) atoms. The van der Waals surface area contributed by atoms with Crippen molar-refractivity contribution < 1.29 is 19.7 Å². The van der Waals surface area contributed by atoms with Crippen LogP contribution in [0, 0.1) is 28.6 Å². The Morgan fingerprint density at radius 2 is 1.92 bits per heavy atom. The Bertz CT molecular complexity index is 582. The first kappa shape index (κ1) is 18.9. The highest BCUT2D eigenvalue weighted by atomic mass is 16.5. The van der Waals surface area contributed by atoms with E-state index in [-0.39, 0.29) is 29.1 Å². The van der Waals surface area contributed by atoms with Crippen molar-refractivity contribution in [3.63, 3.8) is 0 Å². The molecule has 142 valence electrons. The molecule has 0 saturated heterocycles. The molecular formula is C21H34O4. The fourth-order valence-electron chi connectivity index (χ4n) is 6.52. The molecule has 2 fully saturated rings. The third-order valence-corrected chi connectivity index (χ3v) is 7.79. The Morgan fingerprint density at radius 3 is 2.52 bits per heavy atom. The van der Waals surface area contributed by atoms with E-state index in [4.69, 9.17) is 4.74 Å². The van der Waals surface area contributed by atoms with E-state index < -0.39 is 17.1 Å². The van der Waals surface area contributed by atoms with Crippen LogP contribution in [0.25, 0.3) is 0 Å². The molecule has 0 aliphatic heterocycles. The maximum atomic E-state index is 12.6. The average Bonchev–Trinajstić information content (AvgIpc) is 2.54. The number of hydrogen-bond donors (Lipinski definition) is 2. The summed E-state index contributed by atoms with van der Waals surface area (Å²) in [5, 5.41) is 22.2. The van der Waals surface area contributed by atoms with Gasteiger partial charge in [0, 0.05) is 0 Å². The summed E-state index contributed by atoms with van der Waals surface area (Å²) in [5.41, 5.74) is -0.546. The fraction of sp³-hybridized carbons (Fsp3) is 0.857. The van der Waals surface area contributed by atoms with Gasteiger partial charge in [-0.05, 0) is 67.8 Å². The van der Waals surface area contributed by atoms with Gasteiger partial charge in [0.15, 0.2) is 0 Å². The highest BCUT2D eigenvalue weighted by Gasteiger charge is 2.63. The minimum atomic E-state index is -0.863. The van der Waals surface area contributed by atoms with Crippen molar-refractivity contribution in [2.75, 3.05) is 7.11 Å². The zero-order valence-corrected chi connectivity index (χ0v) is 16.3. The second kappa shape index (κ2) is 6.09. The summed E-state index contributed by atoms with van der Waals surface area (Å²) in [6.07, 6.45) is 6.34. The SMILES string of the molecule is COC(=O)[C@]1(C)CCC[C@@]2(C)[C@@H]1CC[C@@]1(O)C=C(C(C)C)[C@@H](O)C[C@@H]21. The van der Waals surface area contributed by atoms with Crippen LogP contribution >= 0.6 is 0 Å². The first-order valence-corrected chi connectivity index (χ1v) is 9.80. The number of esters is 1. The summed E-state index contributed by atoms with van der Waals surface area (Å²) in [5.74, 6) is 0.286. The van der Waals surface area contributed by atoms with Gasteiger partial charge in [-0.1, -0.05) is 33.3 Å². The van der Waals surface area contributed by atoms with E-state index in [9.17, 15) is 15.0 Å². The maximum Gasteiger partial charge on any atom is 0.311 e. The van der Waals surface area contributed by atoms with Gasteiger partial charge in [0.2, 0.25) is 0 Å². The van der Waals surface area contributed by atoms with Gasteiger partial charge in [-0.15, -0.1) is 0 Å². The molecule has 3 aliphatic carbocycles. The molecule has 3 rings (SSSR count). The number of carbonyl (C=O) groups is 1. The van der Waals surface area contributed by atoms with Crippen LogP contribution in [0.2, 0.25) is 0 Å². The van der Waals surface area contributed by atoms with E-state index in [0.29, 0.717) is 12.8 Å². The van der Waals surface area contributed by atoms with Crippen molar-refractivity contribution in [2.45, 2.75) is 77.9 Å². The molecule has 0 aromatic heterocycles. The Kier molecular flexibility index (Phi) is 4.61. The Balaban J connectivity index is 2.02. The maximum absolute atomic E-state index is 12.6. The second-order valence-electron chi connectivity index (χ2n) is 9.45. The first-order chi connectivity index (χ1) is 11.6. The molecule has 2 N–H and O–H groups in total. The van der Waals surface area contributed by atoms with Crippen LogP contribution in [0.3, 0.4) is 0 Å². The van der Waals surface area contributed by atoms with Gasteiger partial charge in [-0.3, -0.25) is 4.79 Å². The van der Waals surface area contributed by atoms with Crippen LogP contribution in [0.1, 0.15) is 66.2 Å². The topological polar surface area (TPSA) is 66.8 Å². The lowest BCUT2D eigenvalue weighted by Gasteiger charge is -2.62. The zero-order chi connectivity index (χ0) is 18.6. The number of carbonyl (C=O) groups excluding carboxylic acids is 1. The molecule has 0 amide bonds. The molecule has 6 atom stereocenters. The van der Waals surface area contributed by atoms with E-state index >= 15 is 0 Å². The molecule has 2 saturated carbocycles. The van der Waals surface area contributed by atoms with Gasteiger partial charge in [-0.2, -0.15) is 0 Å². The van der Waals surface area contributed by atoms with Gasteiger partial charge in [0.25, 0.3) is 0 Å². The van der Waals surface area contributed by atoms with E-state index in [1.165, 1.54) is 7.11 Å². The monoisotopic (exact) mass is 350 g/mol. The Labute approximate surface area is 151 Å². The van der Waals surface area contributed by atoms with Crippen LogP contribution < -0.4 is 0 Å². The van der Waals surface area contributed by atoms with Crippen molar-refractivity contribution in [1.29, 1.82) is 0 Å². The van der Waals surface area contributed by atoms with Crippen LogP contribution in [-0.4, -0.2) is 35.0 Å². The Hall–Kier alpha value is -0.870. The largest absolute Gasteiger partial charge is 0.469 e. The van der Waals surface area contributed by atoms with Crippen molar-refractivity contribution in [3.05, 3.63) is 11.6 Å². The third kappa shape index (κ3) is 2.68. The molecule has 4 nitrogen and oxygen atoms in total. The van der Waals surface area contributed by atoms with Gasteiger partial charge in [0.1, 0.15) is 0 Å². The number of aliphatic hydroxyl groups excluding tert-OH is 1. The highest BCUT2D eigenvalue weighted by Crippen LogP contribution is 2.64. The molecule has 0 radical (unpaired) electrons. The first-order valence-electron chi connectivity index (χ1n) is 9.80. The van der Waals surface area contributed by atoms with Gasteiger partial charge in [-0.25, -0.2) is 0 Å². The van der Waals surface area contributed by atoms with Gasteiger partial charge < -0.3 is 14.9 Å². The summed E-state index contributed by atoms with van der Waals surface area (Å²) in [7, 11) is 1.47. The predicted octanol–water partition coefficient (Wildman–Crippen LogP) is 3.46. The normalized spacial score (nSPS) is 46.9. The van der Waals surface area contributed by atoms with Crippen LogP contribution in [0.5, 0.6) is 0 Å². The molecule has 0 bridgehead atoms. The number of fused-ring (bicyclic) bond motifs is 3. The van der Waals surface area contributed by atoms with E-state index in [2.05, 4.69) is 20.8 Å². The van der Waals surface area contributed by atoms with Gasteiger partial charge in [0.05, 0.1) is 24.2 Å². The standard InChI is InChI=1S/C21H34O4/c1-13(2)14-12-21(24)10-7-16-19(3,17(21)11-15(14)22)8-6-9-20(16,4)18(23)25-5/h12-13,15-17,22,24H,6-11H2,1-5H3/t15-,16-,17-,19-,20+,21+/m0/s1. The fourth-order valence-corrected chi connectivity index (χ4v) is 6.52. The summed E-state index contributed by atoms with van der Waals surface area (Å²) in [6, 6.07) is 0. The minimum absolute atomic E-state index is 0.0134. The summed E-state index contributed by atoms with van der Waals surface area (Å²) >= 11 is 0. The summed E-state index contributed by atoms with van der Waals surface area (Å²) < 4.78 is 5.15. The molecular weight excluding hydrogens is 316 g/mol. The quantitative estimate of drug-likeness (QED) is 0.591. The summed E-state index contributed by atoms with van der Waals surface area (Å²) in [6.45, 7) is 8.41. The Morgan fingerprint density at radius 1 is 1.24 bits per heavy atom. The van der Waals surface area contributed by atoms with Gasteiger partial charge >= 0.3 is 5.97 Å². The highest BCUT2D eigenvalue weighted by molar-refractivity contribution is 5.77. The van der Waals surface area contributed by atoms with Crippen LogP contribution in [0.4, 0.5) is 0 Å². The molecule has 0 spiro atoms. The predicted molar refractivity (Wildman–Crippen MR) is 96.8 cm³/mol. The lowest BCUT2D eigenvalue weighted by molar-refractivity contribution is -0.192. The molecule has 0 aromatic rings. The molecule has 4 heteroatoms. The van der Waals surface area contributed by atoms with Crippen LogP contribution in [0.15, 0.2) is 11.6 Å². The minimum Gasteiger partial charge on any atom is -0.469 e. The summed E-state index contributed by atoms with van der Waals surface area (Å²) in [4.78, 5) is 12.6. The van der Waals surface area contributed by atoms with Crippen LogP contribution in [-0.2, 0) is 9.53 Å². The van der Waals surface area contributed by atoms with E-state index in [0.717, 1.165) is 31.3 Å². The van der Waals surface area contributed by atoms with E-state index in [1.54, 1.807) is 0 Å². The van der Waals surface area contributed by atoms with Crippen molar-refractivity contribution >= 4 is 5.97 Å². The second-order valence-corrected chi connectivity index (χ2v) is 9.45. The lowest BCUT2D eigenvalue weighted by atomic mass is 9.43. The van der Waals surface area contributed by atoms with E-state index in [1.807, 2.05) is 13.0 Å². The lowest BCUT2D eigenvalue weighted by Crippen LogP contribution is -2.62. The zero-order valence-electron chi connectivity index (χ0n) is 16.3. The van der Waals surface area contributed by atoms with Crippen molar-refractivity contribution in [2.24, 2.45) is 28.6 Å². The number of aliphatic hydroxyl groups is 2. The molecule has 3 aliphatic rings. The number of rotatable bonds is 2. The molecule has 0 aromatic carbocycles. The number of methoxy groups -OCH3 is 1. The average molecular weight is 350 g/mol. The third-order valence-electron chi connectivity index (χ3n) is 7.79. The number of hydrogen-bond acceptors (Lipinski definition) is 4. The van der Waals surface area contributed by atoms with Crippen molar-refractivity contribution in [3.8, 4) is 0 Å². The number of ether oxygens (including phenoxy) is 1. The van der Waals surface area contributed by atoms with Crippen molar-refractivity contribution in [1.82, 2.24) is 0 Å². The smallest absolute Gasteiger partial charge is 0.311 e.